The van der Waals surface area contributed by atoms with Gasteiger partial charge in [0, 0.05) is 12.3 Å². The van der Waals surface area contributed by atoms with Crippen LogP contribution in [0.2, 0.25) is 5.02 Å². The third kappa shape index (κ3) is 4.12. The van der Waals surface area contributed by atoms with Crippen molar-refractivity contribution >= 4 is 35.0 Å². The first kappa shape index (κ1) is 15.7. The van der Waals surface area contributed by atoms with Gasteiger partial charge in [0.25, 0.3) is 0 Å². The molecule has 0 aliphatic heterocycles. The van der Waals surface area contributed by atoms with Crippen molar-refractivity contribution in [3.8, 4) is 0 Å². The van der Waals surface area contributed by atoms with Gasteiger partial charge in [0.05, 0.1) is 23.2 Å². The Bertz CT molecular complexity index is 632. The third-order valence-electron chi connectivity index (χ3n) is 2.74. The Kier molecular flexibility index (Phi) is 5.46. The minimum absolute atomic E-state index is 0.143. The predicted molar refractivity (Wildman–Crippen MR) is 80.2 cm³/mol. The molecule has 0 amide bonds. The van der Waals surface area contributed by atoms with Crippen LogP contribution in [0, 0.1) is 0 Å². The maximum atomic E-state index is 10.5. The second kappa shape index (κ2) is 7.33. The number of halogens is 1. The van der Waals surface area contributed by atoms with E-state index in [9.17, 15) is 9.90 Å². The number of aliphatic carboxylic acids is 1. The van der Waals surface area contributed by atoms with Gasteiger partial charge in [0.2, 0.25) is 0 Å². The molecule has 8 heteroatoms. The average molecular weight is 326 g/mol. The number of aromatic nitrogens is 3. The summed E-state index contributed by atoms with van der Waals surface area (Å²) in [5, 5.41) is 23.0. The summed E-state index contributed by atoms with van der Waals surface area (Å²) >= 11 is 7.17. The van der Waals surface area contributed by atoms with Gasteiger partial charge in [-0.05, 0) is 19.1 Å². The molecule has 1 aromatic carbocycles. The molecule has 2 rings (SSSR count). The molecule has 0 spiro atoms. The Morgan fingerprint density at radius 2 is 2.19 bits per heavy atom. The molecule has 21 heavy (non-hydrogen) atoms. The largest absolute Gasteiger partial charge is 0.549 e. The van der Waals surface area contributed by atoms with Crippen molar-refractivity contribution < 1.29 is 9.90 Å². The number of benzene rings is 1. The molecular formula is C13H14ClN4O2S-. The highest BCUT2D eigenvalue weighted by molar-refractivity contribution is 7.99. The molecule has 1 N–H and O–H groups in total. The fourth-order valence-electron chi connectivity index (χ4n) is 1.78. The highest BCUT2D eigenvalue weighted by atomic mass is 35.5. The summed E-state index contributed by atoms with van der Waals surface area (Å²) < 4.78 is 1.86. The van der Waals surface area contributed by atoms with E-state index >= 15 is 0 Å². The molecule has 0 bridgehead atoms. The van der Waals surface area contributed by atoms with Crippen LogP contribution in [-0.2, 0) is 17.9 Å². The van der Waals surface area contributed by atoms with Crippen LogP contribution in [0.3, 0.4) is 0 Å². The number of thioether (sulfide) groups is 1. The van der Waals surface area contributed by atoms with E-state index in [1.807, 2.05) is 29.7 Å². The van der Waals surface area contributed by atoms with Crippen molar-refractivity contribution in [3.63, 3.8) is 0 Å². The fraction of sp³-hybridized carbons (Fsp3) is 0.308. The fourth-order valence-corrected chi connectivity index (χ4v) is 2.71. The quantitative estimate of drug-likeness (QED) is 0.775. The molecule has 112 valence electrons. The Morgan fingerprint density at radius 3 is 2.86 bits per heavy atom. The summed E-state index contributed by atoms with van der Waals surface area (Å²) in [4.78, 5) is 10.5. The van der Waals surface area contributed by atoms with Crippen LogP contribution < -0.4 is 10.4 Å². The summed E-state index contributed by atoms with van der Waals surface area (Å²) in [5.74, 6) is -0.546. The van der Waals surface area contributed by atoms with Gasteiger partial charge < -0.3 is 19.8 Å². The summed E-state index contributed by atoms with van der Waals surface area (Å²) in [6.45, 7) is 3.06. The van der Waals surface area contributed by atoms with E-state index in [-0.39, 0.29) is 5.75 Å². The molecule has 2 aromatic rings. The minimum Gasteiger partial charge on any atom is -0.549 e. The van der Waals surface area contributed by atoms with Crippen LogP contribution in [0.1, 0.15) is 12.7 Å². The van der Waals surface area contributed by atoms with Crippen LogP contribution in [0.5, 0.6) is 0 Å². The lowest BCUT2D eigenvalue weighted by molar-refractivity contribution is -0.301. The van der Waals surface area contributed by atoms with Gasteiger partial charge in [-0.25, -0.2) is 0 Å². The SMILES string of the molecule is CCn1c(CNc2ccccc2Cl)nnc1SCC(=O)[O-]. The van der Waals surface area contributed by atoms with Crippen LogP contribution >= 0.6 is 23.4 Å². The van der Waals surface area contributed by atoms with E-state index < -0.39 is 5.97 Å². The number of nitrogens with one attached hydrogen (secondary N) is 1. The molecule has 0 aliphatic rings. The molecule has 6 nitrogen and oxygen atoms in total. The van der Waals surface area contributed by atoms with E-state index in [1.165, 1.54) is 0 Å². The number of para-hydroxylation sites is 1. The molecular weight excluding hydrogens is 312 g/mol. The normalized spacial score (nSPS) is 10.6. The van der Waals surface area contributed by atoms with E-state index in [1.54, 1.807) is 6.07 Å². The highest BCUT2D eigenvalue weighted by Crippen LogP contribution is 2.22. The number of carboxylic acids is 1. The number of hydrogen-bond donors (Lipinski definition) is 1. The Balaban J connectivity index is 2.06. The first-order chi connectivity index (χ1) is 10.1. The minimum atomic E-state index is -1.12. The van der Waals surface area contributed by atoms with Gasteiger partial charge in [0.15, 0.2) is 11.0 Å². The molecule has 0 fully saturated rings. The number of rotatable bonds is 7. The first-order valence-corrected chi connectivity index (χ1v) is 7.71. The van der Waals surface area contributed by atoms with Crippen molar-refractivity contribution in [2.75, 3.05) is 11.1 Å². The standard InChI is InChI=1S/C13H15ClN4O2S/c1-2-18-11(16-17-13(18)21-8-12(19)20)7-15-10-6-4-3-5-9(10)14/h3-6,15H,2,7-8H2,1H3,(H,19,20)/p-1. The number of anilines is 1. The topological polar surface area (TPSA) is 82.9 Å². The zero-order valence-electron chi connectivity index (χ0n) is 11.4. The molecule has 1 heterocycles. The van der Waals surface area contributed by atoms with Crippen molar-refractivity contribution in [3.05, 3.63) is 35.1 Å². The van der Waals surface area contributed by atoms with E-state index in [2.05, 4.69) is 15.5 Å². The second-order valence-electron chi connectivity index (χ2n) is 4.14. The van der Waals surface area contributed by atoms with Crippen LogP contribution in [0.25, 0.3) is 0 Å². The Morgan fingerprint density at radius 1 is 1.43 bits per heavy atom. The Labute approximate surface area is 131 Å². The predicted octanol–water partition coefficient (Wildman–Crippen LogP) is 1.41. The van der Waals surface area contributed by atoms with Crippen LogP contribution in [0.4, 0.5) is 5.69 Å². The third-order valence-corrected chi connectivity index (χ3v) is 4.01. The van der Waals surface area contributed by atoms with Crippen molar-refractivity contribution in [1.82, 2.24) is 14.8 Å². The van der Waals surface area contributed by atoms with Crippen LogP contribution in [-0.4, -0.2) is 26.5 Å². The smallest absolute Gasteiger partial charge is 0.191 e. The van der Waals surface area contributed by atoms with Crippen molar-refractivity contribution in [2.45, 2.75) is 25.2 Å². The average Bonchev–Trinajstić information content (AvgIpc) is 2.86. The molecule has 0 aliphatic carbocycles. The number of carbonyl (C=O) groups excluding carboxylic acids is 1. The summed E-state index contributed by atoms with van der Waals surface area (Å²) in [5.41, 5.74) is 0.814. The maximum absolute atomic E-state index is 10.5. The molecule has 0 atom stereocenters. The zero-order chi connectivity index (χ0) is 15.2. The highest BCUT2D eigenvalue weighted by Gasteiger charge is 2.11. The Hall–Kier alpha value is -1.73. The number of nitrogens with zero attached hydrogens (tertiary/aromatic N) is 3. The number of carbonyl (C=O) groups is 1. The van der Waals surface area contributed by atoms with E-state index in [0.717, 1.165) is 23.3 Å². The summed E-state index contributed by atoms with van der Waals surface area (Å²) in [6, 6.07) is 7.42. The van der Waals surface area contributed by atoms with Gasteiger partial charge in [-0.1, -0.05) is 35.5 Å². The first-order valence-electron chi connectivity index (χ1n) is 6.35. The zero-order valence-corrected chi connectivity index (χ0v) is 12.9. The molecule has 0 radical (unpaired) electrons. The number of carboxylic acid groups (broad SMARTS) is 1. The van der Waals surface area contributed by atoms with Crippen molar-refractivity contribution in [1.29, 1.82) is 0 Å². The second-order valence-corrected chi connectivity index (χ2v) is 5.49. The van der Waals surface area contributed by atoms with Gasteiger partial charge >= 0.3 is 0 Å². The molecule has 1 aromatic heterocycles. The lowest BCUT2D eigenvalue weighted by Gasteiger charge is -2.10. The van der Waals surface area contributed by atoms with Crippen molar-refractivity contribution in [2.24, 2.45) is 0 Å². The maximum Gasteiger partial charge on any atom is 0.191 e. The van der Waals surface area contributed by atoms with E-state index in [0.29, 0.717) is 23.3 Å². The molecule has 0 saturated heterocycles. The van der Waals surface area contributed by atoms with Gasteiger partial charge in [-0.15, -0.1) is 10.2 Å². The molecule has 0 unspecified atom stereocenters. The van der Waals surface area contributed by atoms with Gasteiger partial charge in [0.1, 0.15) is 0 Å². The summed E-state index contributed by atoms with van der Waals surface area (Å²) in [6.07, 6.45) is 0. The lowest BCUT2D eigenvalue weighted by Crippen LogP contribution is -2.24. The number of hydrogen-bond acceptors (Lipinski definition) is 6. The van der Waals surface area contributed by atoms with Gasteiger partial charge in [-0.2, -0.15) is 0 Å². The van der Waals surface area contributed by atoms with Gasteiger partial charge in [-0.3, -0.25) is 0 Å². The molecule has 0 saturated carbocycles. The monoisotopic (exact) mass is 325 g/mol. The van der Waals surface area contributed by atoms with E-state index in [4.69, 9.17) is 11.6 Å². The summed E-state index contributed by atoms with van der Waals surface area (Å²) in [7, 11) is 0. The van der Waals surface area contributed by atoms with Crippen LogP contribution in [0.15, 0.2) is 29.4 Å². The lowest BCUT2D eigenvalue weighted by atomic mass is 10.3.